The minimum absolute atomic E-state index is 0.0228. The molecule has 9 heteroatoms. The van der Waals surface area contributed by atoms with Crippen molar-refractivity contribution in [2.75, 3.05) is 11.1 Å². The van der Waals surface area contributed by atoms with Gasteiger partial charge in [-0.15, -0.1) is 0 Å². The zero-order chi connectivity index (χ0) is 17.8. The summed E-state index contributed by atoms with van der Waals surface area (Å²) in [5.41, 5.74) is 1.47. The first-order chi connectivity index (χ1) is 12.0. The summed E-state index contributed by atoms with van der Waals surface area (Å²) in [5.74, 6) is -0.361. The molecule has 0 unspecified atom stereocenters. The van der Waals surface area contributed by atoms with E-state index in [0.717, 1.165) is 36.9 Å². The van der Waals surface area contributed by atoms with Gasteiger partial charge in [-0.3, -0.25) is 14.9 Å². The van der Waals surface area contributed by atoms with Crippen LogP contribution < -0.4 is 11.0 Å². The van der Waals surface area contributed by atoms with E-state index in [-0.39, 0.29) is 23.0 Å². The number of benzene rings is 1. The number of nitro groups is 1. The molecule has 0 saturated carbocycles. The van der Waals surface area contributed by atoms with Gasteiger partial charge in [0.25, 0.3) is 5.69 Å². The van der Waals surface area contributed by atoms with Crippen LogP contribution in [0.4, 0.5) is 11.4 Å². The number of para-hydroxylation sites is 2. The third-order valence-electron chi connectivity index (χ3n) is 3.90. The van der Waals surface area contributed by atoms with Crippen LogP contribution in [0.3, 0.4) is 0 Å². The first kappa shape index (κ1) is 17.2. The van der Waals surface area contributed by atoms with Gasteiger partial charge < -0.3 is 10.3 Å². The molecule has 1 amide bonds. The number of H-pyrrole nitrogens is 1. The van der Waals surface area contributed by atoms with E-state index < -0.39 is 10.6 Å². The predicted molar refractivity (Wildman–Crippen MR) is 93.9 cm³/mol. The number of carbonyl (C=O) groups excluding carboxylic acids is 1. The first-order valence-corrected chi connectivity index (χ1v) is 8.81. The van der Waals surface area contributed by atoms with Gasteiger partial charge >= 0.3 is 5.69 Å². The van der Waals surface area contributed by atoms with E-state index in [2.05, 4.69) is 15.3 Å². The molecule has 1 aliphatic carbocycles. The lowest BCUT2D eigenvalue weighted by atomic mass is 9.98. The number of anilines is 1. The Morgan fingerprint density at radius 1 is 1.32 bits per heavy atom. The summed E-state index contributed by atoms with van der Waals surface area (Å²) in [7, 11) is 0. The quantitative estimate of drug-likeness (QED) is 0.365. The van der Waals surface area contributed by atoms with E-state index in [4.69, 9.17) is 0 Å². The molecule has 25 heavy (non-hydrogen) atoms. The number of hydrogen-bond acceptors (Lipinski definition) is 6. The van der Waals surface area contributed by atoms with Crippen molar-refractivity contribution in [2.24, 2.45) is 0 Å². The van der Waals surface area contributed by atoms with Crippen molar-refractivity contribution >= 4 is 29.0 Å². The summed E-state index contributed by atoms with van der Waals surface area (Å²) in [4.78, 5) is 41.0. The molecule has 0 atom stereocenters. The number of carbonyl (C=O) groups is 1. The fourth-order valence-corrected chi connectivity index (χ4v) is 3.66. The Morgan fingerprint density at radius 2 is 2.08 bits per heavy atom. The van der Waals surface area contributed by atoms with Crippen LogP contribution in [-0.4, -0.2) is 26.6 Å². The molecule has 0 aliphatic heterocycles. The molecule has 1 heterocycles. The lowest BCUT2D eigenvalue weighted by Gasteiger charge is -2.17. The summed E-state index contributed by atoms with van der Waals surface area (Å²) in [5, 5.41) is 14.1. The van der Waals surface area contributed by atoms with Crippen molar-refractivity contribution in [3.05, 3.63) is 56.1 Å². The third kappa shape index (κ3) is 4.05. The number of amides is 1. The van der Waals surface area contributed by atoms with Crippen LogP contribution in [0.1, 0.15) is 24.1 Å². The summed E-state index contributed by atoms with van der Waals surface area (Å²) >= 11 is 1.18. The number of rotatable bonds is 5. The Morgan fingerprint density at radius 3 is 2.88 bits per heavy atom. The maximum atomic E-state index is 12.1. The molecule has 0 radical (unpaired) electrons. The second-order valence-corrected chi connectivity index (χ2v) is 6.59. The van der Waals surface area contributed by atoms with Crippen molar-refractivity contribution < 1.29 is 9.72 Å². The van der Waals surface area contributed by atoms with Crippen LogP contribution in [0.15, 0.2) is 34.1 Å². The van der Waals surface area contributed by atoms with Gasteiger partial charge in [0, 0.05) is 17.3 Å². The van der Waals surface area contributed by atoms with Crippen molar-refractivity contribution in [1.29, 1.82) is 0 Å². The summed E-state index contributed by atoms with van der Waals surface area (Å²) in [6.07, 6.45) is 3.68. The highest BCUT2D eigenvalue weighted by Crippen LogP contribution is 2.28. The molecule has 0 spiro atoms. The lowest BCUT2D eigenvalue weighted by molar-refractivity contribution is -0.383. The Labute approximate surface area is 147 Å². The van der Waals surface area contributed by atoms with Crippen LogP contribution >= 0.6 is 11.8 Å². The number of nitrogens with one attached hydrogen (secondary N) is 2. The SMILES string of the molecule is O=C(CSc1nc(=O)[nH]c2c1CCCC2)Nc1ccccc1[N+](=O)[O-]. The first-order valence-electron chi connectivity index (χ1n) is 7.83. The van der Waals surface area contributed by atoms with Gasteiger partial charge in [-0.2, -0.15) is 4.98 Å². The van der Waals surface area contributed by atoms with Gasteiger partial charge in [0.15, 0.2) is 0 Å². The number of aromatic nitrogens is 2. The van der Waals surface area contributed by atoms with E-state index in [0.29, 0.717) is 5.03 Å². The van der Waals surface area contributed by atoms with Crippen molar-refractivity contribution in [1.82, 2.24) is 9.97 Å². The van der Waals surface area contributed by atoms with Crippen LogP contribution in [-0.2, 0) is 17.6 Å². The molecule has 1 aromatic heterocycles. The summed E-state index contributed by atoms with van der Waals surface area (Å²) < 4.78 is 0. The number of aryl methyl sites for hydroxylation is 1. The van der Waals surface area contributed by atoms with Crippen LogP contribution in [0, 0.1) is 10.1 Å². The van der Waals surface area contributed by atoms with Gasteiger partial charge in [-0.25, -0.2) is 4.79 Å². The van der Waals surface area contributed by atoms with Gasteiger partial charge in [0.2, 0.25) is 5.91 Å². The highest BCUT2D eigenvalue weighted by Gasteiger charge is 2.19. The minimum Gasteiger partial charge on any atom is -0.320 e. The van der Waals surface area contributed by atoms with Gasteiger partial charge in [0.1, 0.15) is 10.7 Å². The van der Waals surface area contributed by atoms with E-state index >= 15 is 0 Å². The van der Waals surface area contributed by atoms with Crippen molar-refractivity contribution in [2.45, 2.75) is 30.7 Å². The molecule has 2 aromatic rings. The zero-order valence-corrected chi connectivity index (χ0v) is 14.1. The summed E-state index contributed by atoms with van der Waals surface area (Å²) in [6, 6.07) is 5.96. The van der Waals surface area contributed by atoms with Crippen LogP contribution in [0.5, 0.6) is 0 Å². The molecule has 130 valence electrons. The molecule has 0 bridgehead atoms. The standard InChI is InChI=1S/C16H16N4O4S/c21-14(17-12-7-3-4-8-13(12)20(23)24)9-25-15-10-5-1-2-6-11(10)18-16(22)19-15/h3-4,7-8H,1-2,5-6,9H2,(H,17,21)(H,18,19,22). The minimum atomic E-state index is -0.544. The second kappa shape index (κ2) is 7.47. The molecule has 1 aliphatic rings. The van der Waals surface area contributed by atoms with Crippen LogP contribution in [0.2, 0.25) is 0 Å². The molecule has 2 N–H and O–H groups in total. The number of hydrogen-bond donors (Lipinski definition) is 2. The number of nitro benzene ring substituents is 1. The molecule has 0 saturated heterocycles. The number of fused-ring (bicyclic) bond motifs is 1. The van der Waals surface area contributed by atoms with Crippen LogP contribution in [0.25, 0.3) is 0 Å². The normalized spacial score (nSPS) is 13.1. The van der Waals surface area contributed by atoms with Gasteiger partial charge in [-0.05, 0) is 31.7 Å². The maximum absolute atomic E-state index is 12.1. The smallest absolute Gasteiger partial charge is 0.320 e. The average molecular weight is 360 g/mol. The van der Waals surface area contributed by atoms with Gasteiger partial charge in [-0.1, -0.05) is 23.9 Å². The van der Waals surface area contributed by atoms with Crippen molar-refractivity contribution in [3.8, 4) is 0 Å². The monoisotopic (exact) mass is 360 g/mol. The molecular formula is C16H16N4O4S. The summed E-state index contributed by atoms with van der Waals surface area (Å²) in [6.45, 7) is 0. The maximum Gasteiger partial charge on any atom is 0.346 e. The van der Waals surface area contributed by atoms with Crippen molar-refractivity contribution in [3.63, 3.8) is 0 Å². The Balaban J connectivity index is 1.71. The Bertz CT molecular complexity index is 881. The Hall–Kier alpha value is -2.68. The number of nitrogens with zero attached hydrogens (tertiary/aromatic N) is 2. The highest BCUT2D eigenvalue weighted by atomic mass is 32.2. The molecule has 8 nitrogen and oxygen atoms in total. The van der Waals surface area contributed by atoms with E-state index in [1.807, 2.05) is 0 Å². The topological polar surface area (TPSA) is 118 Å². The zero-order valence-electron chi connectivity index (χ0n) is 13.3. The number of thioether (sulfide) groups is 1. The highest BCUT2D eigenvalue weighted by molar-refractivity contribution is 8.00. The van der Waals surface area contributed by atoms with E-state index in [1.54, 1.807) is 6.07 Å². The van der Waals surface area contributed by atoms with E-state index in [1.165, 1.54) is 30.0 Å². The second-order valence-electron chi connectivity index (χ2n) is 5.62. The molecule has 3 rings (SSSR count). The molecule has 0 fully saturated rings. The van der Waals surface area contributed by atoms with Gasteiger partial charge in [0.05, 0.1) is 10.7 Å². The largest absolute Gasteiger partial charge is 0.346 e. The average Bonchev–Trinajstić information content (AvgIpc) is 2.59. The third-order valence-corrected chi connectivity index (χ3v) is 4.92. The fraction of sp³-hybridized carbons (Fsp3) is 0.312. The Kier molecular flexibility index (Phi) is 5.13. The molecular weight excluding hydrogens is 344 g/mol. The molecule has 1 aromatic carbocycles. The fourth-order valence-electron chi connectivity index (χ4n) is 2.77. The van der Waals surface area contributed by atoms with E-state index in [9.17, 15) is 19.7 Å². The predicted octanol–water partition coefficient (Wildman–Crippen LogP) is 2.29. The lowest BCUT2D eigenvalue weighted by Crippen LogP contribution is -2.21. The number of aromatic amines is 1.